The van der Waals surface area contributed by atoms with Crippen molar-refractivity contribution in [3.05, 3.63) is 65.9 Å². The van der Waals surface area contributed by atoms with Gasteiger partial charge in [0.2, 0.25) is 0 Å². The first kappa shape index (κ1) is 25.1. The molecule has 0 radical (unpaired) electrons. The SMILES string of the molecule is CCS(=O)(=O)c1cc(-c2cccc(C(F)(F)F)c2)cnc1/C=N/Nc1cc(C(F)(F)F)ncn1. The number of aromatic nitrogens is 3. The number of nitrogens with zero attached hydrogens (tertiary/aromatic N) is 4. The molecule has 2 heterocycles. The number of pyridine rings is 1. The second-order valence-corrected chi connectivity index (χ2v) is 8.99. The van der Waals surface area contributed by atoms with Crippen LogP contribution in [-0.4, -0.2) is 35.3 Å². The van der Waals surface area contributed by atoms with Crippen molar-refractivity contribution in [2.24, 2.45) is 5.10 Å². The van der Waals surface area contributed by atoms with Crippen LogP contribution in [0.3, 0.4) is 0 Å². The van der Waals surface area contributed by atoms with Crippen LogP contribution in [0.15, 0.2) is 58.9 Å². The molecule has 3 aromatic rings. The summed E-state index contributed by atoms with van der Waals surface area (Å²) in [5, 5.41) is 3.68. The lowest BCUT2D eigenvalue weighted by atomic mass is 10.0. The Morgan fingerprint density at radius 1 is 0.971 bits per heavy atom. The van der Waals surface area contributed by atoms with Crippen molar-refractivity contribution >= 4 is 21.9 Å². The van der Waals surface area contributed by atoms with Gasteiger partial charge in [0.25, 0.3) is 0 Å². The van der Waals surface area contributed by atoms with E-state index in [0.29, 0.717) is 12.4 Å². The number of anilines is 1. The van der Waals surface area contributed by atoms with Crippen LogP contribution in [0.5, 0.6) is 0 Å². The average molecular weight is 503 g/mol. The topological polar surface area (TPSA) is 97.2 Å². The van der Waals surface area contributed by atoms with Crippen LogP contribution in [0, 0.1) is 0 Å². The first-order valence-electron chi connectivity index (χ1n) is 9.40. The molecular formula is C20H15F6N5O2S. The molecule has 0 spiro atoms. The summed E-state index contributed by atoms with van der Waals surface area (Å²) >= 11 is 0. The maximum atomic E-state index is 13.0. The van der Waals surface area contributed by atoms with Gasteiger partial charge in [0.05, 0.1) is 22.4 Å². The van der Waals surface area contributed by atoms with Crippen molar-refractivity contribution in [2.45, 2.75) is 24.2 Å². The molecule has 0 unspecified atom stereocenters. The summed E-state index contributed by atoms with van der Waals surface area (Å²) < 4.78 is 102. The first-order valence-corrected chi connectivity index (χ1v) is 11.1. The molecular weight excluding hydrogens is 488 g/mol. The molecule has 180 valence electrons. The van der Waals surface area contributed by atoms with Gasteiger partial charge in [-0.1, -0.05) is 19.1 Å². The molecule has 3 rings (SSSR count). The van der Waals surface area contributed by atoms with Gasteiger partial charge in [-0.15, -0.1) is 0 Å². The van der Waals surface area contributed by atoms with Crippen LogP contribution in [-0.2, 0) is 22.2 Å². The zero-order valence-corrected chi connectivity index (χ0v) is 18.0. The Bertz CT molecular complexity index is 1320. The molecule has 7 nitrogen and oxygen atoms in total. The van der Waals surface area contributed by atoms with E-state index >= 15 is 0 Å². The second kappa shape index (κ2) is 9.37. The molecule has 0 aliphatic carbocycles. The molecule has 14 heteroatoms. The zero-order valence-electron chi connectivity index (χ0n) is 17.2. The summed E-state index contributed by atoms with van der Waals surface area (Å²) in [5.74, 6) is -0.644. The number of hydrogen-bond acceptors (Lipinski definition) is 7. The van der Waals surface area contributed by atoms with E-state index in [2.05, 4.69) is 25.5 Å². The predicted octanol–water partition coefficient (Wildman–Crippen LogP) is 4.82. The minimum Gasteiger partial charge on any atom is -0.261 e. The van der Waals surface area contributed by atoms with Gasteiger partial charge in [0, 0.05) is 17.8 Å². The van der Waals surface area contributed by atoms with Gasteiger partial charge < -0.3 is 0 Å². The molecule has 2 aromatic heterocycles. The molecule has 0 saturated heterocycles. The summed E-state index contributed by atoms with van der Waals surface area (Å²) in [6.07, 6.45) is -6.50. The smallest absolute Gasteiger partial charge is 0.261 e. The third kappa shape index (κ3) is 5.87. The lowest BCUT2D eigenvalue weighted by Gasteiger charge is -2.11. The first-order chi connectivity index (χ1) is 15.8. The lowest BCUT2D eigenvalue weighted by molar-refractivity contribution is -0.141. The van der Waals surface area contributed by atoms with Gasteiger partial charge in [0.1, 0.15) is 23.5 Å². The predicted molar refractivity (Wildman–Crippen MR) is 111 cm³/mol. The fourth-order valence-corrected chi connectivity index (χ4v) is 3.76. The third-order valence-corrected chi connectivity index (χ3v) is 6.20. The van der Waals surface area contributed by atoms with Crippen LogP contribution in [0.2, 0.25) is 0 Å². The molecule has 0 atom stereocenters. The van der Waals surface area contributed by atoms with E-state index in [0.717, 1.165) is 30.6 Å². The number of nitrogens with one attached hydrogen (secondary N) is 1. The van der Waals surface area contributed by atoms with E-state index in [4.69, 9.17) is 0 Å². The highest BCUT2D eigenvalue weighted by Gasteiger charge is 2.33. The van der Waals surface area contributed by atoms with Gasteiger partial charge >= 0.3 is 12.4 Å². The minimum atomic E-state index is -4.70. The summed E-state index contributed by atoms with van der Waals surface area (Å²) in [7, 11) is -3.90. The Morgan fingerprint density at radius 2 is 1.71 bits per heavy atom. The molecule has 0 bridgehead atoms. The maximum absolute atomic E-state index is 13.0. The van der Waals surface area contributed by atoms with Gasteiger partial charge in [-0.2, -0.15) is 31.4 Å². The van der Waals surface area contributed by atoms with E-state index in [9.17, 15) is 34.8 Å². The van der Waals surface area contributed by atoms with Gasteiger partial charge in [-0.25, -0.2) is 18.4 Å². The van der Waals surface area contributed by atoms with Crippen molar-refractivity contribution in [2.75, 3.05) is 11.2 Å². The Kier molecular flexibility index (Phi) is 6.91. The Balaban J connectivity index is 1.96. The number of sulfone groups is 1. The van der Waals surface area contributed by atoms with Crippen molar-refractivity contribution < 1.29 is 34.8 Å². The van der Waals surface area contributed by atoms with E-state index in [1.165, 1.54) is 19.1 Å². The van der Waals surface area contributed by atoms with Crippen molar-refractivity contribution in [3.63, 3.8) is 0 Å². The largest absolute Gasteiger partial charge is 0.433 e. The summed E-state index contributed by atoms with van der Waals surface area (Å²) in [6.45, 7) is 1.37. The Labute approximate surface area is 189 Å². The van der Waals surface area contributed by atoms with Gasteiger partial charge in [0.15, 0.2) is 9.84 Å². The monoisotopic (exact) mass is 503 g/mol. The number of benzene rings is 1. The molecule has 0 saturated carbocycles. The summed E-state index contributed by atoms with van der Waals surface area (Å²) in [4.78, 5) is 10.4. The highest BCUT2D eigenvalue weighted by Crippen LogP contribution is 2.33. The number of hydrogen-bond donors (Lipinski definition) is 1. The maximum Gasteiger partial charge on any atom is 0.433 e. The van der Waals surface area contributed by atoms with E-state index in [1.54, 1.807) is 0 Å². The van der Waals surface area contributed by atoms with Crippen LogP contribution >= 0.6 is 0 Å². The number of rotatable bonds is 6. The van der Waals surface area contributed by atoms with Crippen molar-refractivity contribution in [1.29, 1.82) is 0 Å². The van der Waals surface area contributed by atoms with Crippen LogP contribution < -0.4 is 5.43 Å². The molecule has 0 amide bonds. The van der Waals surface area contributed by atoms with E-state index in [-0.39, 0.29) is 33.3 Å². The van der Waals surface area contributed by atoms with Crippen LogP contribution in [0.1, 0.15) is 23.9 Å². The number of halogens is 6. The van der Waals surface area contributed by atoms with Crippen LogP contribution in [0.4, 0.5) is 32.2 Å². The van der Waals surface area contributed by atoms with E-state index in [1.807, 2.05) is 0 Å². The molecule has 1 N–H and O–H groups in total. The molecule has 1 aromatic carbocycles. The third-order valence-electron chi connectivity index (χ3n) is 4.44. The molecule has 34 heavy (non-hydrogen) atoms. The van der Waals surface area contributed by atoms with Crippen molar-refractivity contribution in [3.8, 4) is 11.1 Å². The molecule has 0 fully saturated rings. The van der Waals surface area contributed by atoms with Gasteiger partial charge in [-0.05, 0) is 23.8 Å². The lowest BCUT2D eigenvalue weighted by Crippen LogP contribution is -2.10. The van der Waals surface area contributed by atoms with Crippen LogP contribution in [0.25, 0.3) is 11.1 Å². The molecule has 0 aliphatic heterocycles. The Hall–Kier alpha value is -3.55. The number of alkyl halides is 6. The second-order valence-electron chi connectivity index (χ2n) is 6.75. The summed E-state index contributed by atoms with van der Waals surface area (Å²) in [6, 6.07) is 6.06. The van der Waals surface area contributed by atoms with E-state index < -0.39 is 33.4 Å². The fourth-order valence-electron chi connectivity index (χ4n) is 2.72. The zero-order chi connectivity index (χ0) is 25.1. The minimum absolute atomic E-state index is 0.0946. The highest BCUT2D eigenvalue weighted by molar-refractivity contribution is 7.91. The van der Waals surface area contributed by atoms with Gasteiger partial charge in [-0.3, -0.25) is 10.4 Å². The molecule has 0 aliphatic rings. The summed E-state index contributed by atoms with van der Waals surface area (Å²) in [5.41, 5.74) is 0.150. The van der Waals surface area contributed by atoms with Crippen molar-refractivity contribution in [1.82, 2.24) is 15.0 Å². The average Bonchev–Trinajstić information content (AvgIpc) is 2.78. The quantitative estimate of drug-likeness (QED) is 0.295. The highest BCUT2D eigenvalue weighted by atomic mass is 32.2. The number of hydrazone groups is 1. The Morgan fingerprint density at radius 3 is 2.35 bits per heavy atom. The normalized spacial score (nSPS) is 12.8. The standard InChI is InChI=1S/C20H15F6N5O2S/c1-2-34(32,33)16-7-13(12-4-3-5-14(6-12)19(21,22)23)9-27-15(16)10-30-31-18-8-17(20(24,25)26)28-11-29-18/h3-11H,2H2,1H3,(H,28,29,31)/b30-10+. The fraction of sp³-hybridized carbons (Fsp3) is 0.200.